The summed E-state index contributed by atoms with van der Waals surface area (Å²) >= 11 is 0. The van der Waals surface area contributed by atoms with Crippen molar-refractivity contribution in [2.45, 2.75) is 45.1 Å². The molecule has 0 spiro atoms. The molecular weight excluding hydrogens is 248 g/mol. The third kappa shape index (κ3) is 3.24. The normalized spacial score (nSPS) is 17.1. The molecule has 4 heteroatoms. The molecule has 0 saturated heterocycles. The Morgan fingerprint density at radius 1 is 1.17 bits per heavy atom. The predicted octanol–water partition coefficient (Wildman–Crippen LogP) is 2.94. The Labute approximate surface area is 115 Å². The number of halogens is 1. The van der Waals surface area contributed by atoms with Crippen LogP contribution in [0.4, 0.5) is 5.69 Å². The van der Waals surface area contributed by atoms with Gasteiger partial charge in [0.25, 0.3) is 0 Å². The number of benzene rings is 1. The average molecular weight is 269 g/mol. The molecule has 1 aliphatic carbocycles. The molecule has 0 aromatic heterocycles. The van der Waals surface area contributed by atoms with Gasteiger partial charge in [0.15, 0.2) is 0 Å². The summed E-state index contributed by atoms with van der Waals surface area (Å²) in [6.45, 7) is 4.05. The maximum absolute atomic E-state index is 12.1. The third-order valence-corrected chi connectivity index (χ3v) is 3.43. The quantitative estimate of drug-likeness (QED) is 0.866. The van der Waals surface area contributed by atoms with Gasteiger partial charge in [-0.05, 0) is 49.9 Å². The monoisotopic (exact) mass is 268 g/mol. The van der Waals surface area contributed by atoms with Crippen molar-refractivity contribution in [2.75, 3.05) is 5.32 Å². The summed E-state index contributed by atoms with van der Waals surface area (Å²) in [7, 11) is 0. The van der Waals surface area contributed by atoms with Crippen LogP contribution in [-0.4, -0.2) is 11.4 Å². The lowest BCUT2D eigenvalue weighted by Crippen LogP contribution is -2.48. The van der Waals surface area contributed by atoms with Gasteiger partial charge < -0.3 is 11.1 Å². The van der Waals surface area contributed by atoms with Gasteiger partial charge in [-0.1, -0.05) is 18.9 Å². The van der Waals surface area contributed by atoms with Crippen LogP contribution < -0.4 is 11.1 Å². The van der Waals surface area contributed by atoms with E-state index in [-0.39, 0.29) is 18.3 Å². The van der Waals surface area contributed by atoms with E-state index in [1.807, 2.05) is 26.0 Å². The number of carbonyl (C=O) groups is 1. The topological polar surface area (TPSA) is 55.1 Å². The van der Waals surface area contributed by atoms with E-state index in [4.69, 9.17) is 5.73 Å². The summed E-state index contributed by atoms with van der Waals surface area (Å²) in [5.74, 6) is -0.0417. The highest BCUT2D eigenvalue weighted by Crippen LogP contribution is 2.28. The summed E-state index contributed by atoms with van der Waals surface area (Å²) in [6, 6.07) is 6.04. The first-order chi connectivity index (χ1) is 7.99. The minimum atomic E-state index is -0.655. The van der Waals surface area contributed by atoms with Gasteiger partial charge in [-0.15, -0.1) is 12.4 Å². The minimum absolute atomic E-state index is 0. The Morgan fingerprint density at radius 3 is 2.17 bits per heavy atom. The molecule has 18 heavy (non-hydrogen) atoms. The van der Waals surface area contributed by atoms with Gasteiger partial charge in [0.05, 0.1) is 5.54 Å². The molecule has 1 amide bonds. The SMILES string of the molecule is Cc1cc(C)cc(NC(=O)C2(N)CCCC2)c1.Cl. The van der Waals surface area contributed by atoms with Crippen LogP contribution in [0.25, 0.3) is 0 Å². The highest BCUT2D eigenvalue weighted by molar-refractivity contribution is 5.98. The van der Waals surface area contributed by atoms with Gasteiger partial charge in [-0.3, -0.25) is 4.79 Å². The molecule has 0 unspecified atom stereocenters. The van der Waals surface area contributed by atoms with Gasteiger partial charge in [-0.25, -0.2) is 0 Å². The number of anilines is 1. The number of amides is 1. The van der Waals surface area contributed by atoms with E-state index in [0.717, 1.165) is 42.5 Å². The first-order valence-electron chi connectivity index (χ1n) is 6.18. The molecule has 100 valence electrons. The van der Waals surface area contributed by atoms with Gasteiger partial charge in [-0.2, -0.15) is 0 Å². The van der Waals surface area contributed by atoms with Crippen molar-refractivity contribution in [3.63, 3.8) is 0 Å². The smallest absolute Gasteiger partial charge is 0.244 e. The Balaban J connectivity index is 0.00000162. The Bertz CT molecular complexity index is 419. The number of rotatable bonds is 2. The molecular formula is C14H21ClN2O. The highest BCUT2D eigenvalue weighted by Gasteiger charge is 2.36. The molecule has 0 radical (unpaired) electrons. The molecule has 1 aliphatic rings. The number of hydrogen-bond donors (Lipinski definition) is 2. The molecule has 1 aromatic carbocycles. The van der Waals surface area contributed by atoms with Crippen molar-refractivity contribution in [1.29, 1.82) is 0 Å². The van der Waals surface area contributed by atoms with Crippen LogP contribution in [0, 0.1) is 13.8 Å². The van der Waals surface area contributed by atoms with E-state index in [9.17, 15) is 4.79 Å². The fourth-order valence-electron chi connectivity index (χ4n) is 2.54. The summed E-state index contributed by atoms with van der Waals surface area (Å²) in [6.07, 6.45) is 3.70. The summed E-state index contributed by atoms with van der Waals surface area (Å²) in [4.78, 5) is 12.1. The number of nitrogens with one attached hydrogen (secondary N) is 1. The fraction of sp³-hybridized carbons (Fsp3) is 0.500. The second kappa shape index (κ2) is 5.72. The summed E-state index contributed by atoms with van der Waals surface area (Å²) in [5.41, 5.74) is 8.61. The maximum atomic E-state index is 12.1. The molecule has 0 atom stereocenters. The van der Waals surface area contributed by atoms with E-state index >= 15 is 0 Å². The zero-order valence-electron chi connectivity index (χ0n) is 11.0. The zero-order chi connectivity index (χ0) is 12.5. The maximum Gasteiger partial charge on any atom is 0.244 e. The molecule has 0 bridgehead atoms. The van der Waals surface area contributed by atoms with Crippen molar-refractivity contribution in [2.24, 2.45) is 5.73 Å². The van der Waals surface area contributed by atoms with Crippen molar-refractivity contribution in [3.8, 4) is 0 Å². The predicted molar refractivity (Wildman–Crippen MR) is 77.2 cm³/mol. The molecule has 2 rings (SSSR count). The standard InChI is InChI=1S/C14H20N2O.ClH/c1-10-7-11(2)9-12(8-10)16-13(17)14(15)5-3-4-6-14;/h7-9H,3-6,15H2,1-2H3,(H,16,17);1H. The van der Waals surface area contributed by atoms with Crippen molar-refractivity contribution < 1.29 is 4.79 Å². The molecule has 3 nitrogen and oxygen atoms in total. The third-order valence-electron chi connectivity index (χ3n) is 3.43. The van der Waals surface area contributed by atoms with E-state index < -0.39 is 5.54 Å². The Kier molecular flexibility index (Phi) is 4.77. The molecule has 1 saturated carbocycles. The minimum Gasteiger partial charge on any atom is -0.324 e. The lowest BCUT2D eigenvalue weighted by Gasteiger charge is -2.22. The molecule has 0 aliphatic heterocycles. The van der Waals surface area contributed by atoms with E-state index in [2.05, 4.69) is 11.4 Å². The fourth-order valence-corrected chi connectivity index (χ4v) is 2.54. The number of nitrogens with two attached hydrogens (primary N) is 1. The van der Waals surface area contributed by atoms with Crippen LogP contribution in [-0.2, 0) is 4.79 Å². The van der Waals surface area contributed by atoms with E-state index in [1.165, 1.54) is 0 Å². The zero-order valence-corrected chi connectivity index (χ0v) is 11.8. The van der Waals surface area contributed by atoms with E-state index in [0.29, 0.717) is 0 Å². The van der Waals surface area contributed by atoms with Gasteiger partial charge in [0, 0.05) is 5.69 Å². The van der Waals surface area contributed by atoms with Crippen LogP contribution in [0.3, 0.4) is 0 Å². The molecule has 3 N–H and O–H groups in total. The van der Waals surface area contributed by atoms with Crippen molar-refractivity contribution >= 4 is 24.0 Å². The van der Waals surface area contributed by atoms with Gasteiger partial charge >= 0.3 is 0 Å². The first-order valence-corrected chi connectivity index (χ1v) is 6.18. The number of hydrogen-bond acceptors (Lipinski definition) is 2. The van der Waals surface area contributed by atoms with Crippen LogP contribution in [0.15, 0.2) is 18.2 Å². The lowest BCUT2D eigenvalue weighted by molar-refractivity contribution is -0.121. The number of carbonyl (C=O) groups excluding carboxylic acids is 1. The van der Waals surface area contributed by atoms with Crippen LogP contribution >= 0.6 is 12.4 Å². The lowest BCUT2D eigenvalue weighted by atomic mass is 9.98. The average Bonchev–Trinajstić information content (AvgIpc) is 2.64. The van der Waals surface area contributed by atoms with Gasteiger partial charge in [0.1, 0.15) is 0 Å². The molecule has 1 aromatic rings. The second-order valence-electron chi connectivity index (χ2n) is 5.19. The van der Waals surface area contributed by atoms with Crippen LogP contribution in [0.5, 0.6) is 0 Å². The van der Waals surface area contributed by atoms with Crippen LogP contribution in [0.1, 0.15) is 36.8 Å². The Hall–Kier alpha value is -1.06. The van der Waals surface area contributed by atoms with Crippen molar-refractivity contribution in [3.05, 3.63) is 29.3 Å². The second-order valence-corrected chi connectivity index (χ2v) is 5.19. The number of aryl methyl sites for hydroxylation is 2. The van der Waals surface area contributed by atoms with Crippen molar-refractivity contribution in [1.82, 2.24) is 0 Å². The summed E-state index contributed by atoms with van der Waals surface area (Å²) in [5, 5.41) is 2.94. The van der Waals surface area contributed by atoms with Gasteiger partial charge in [0.2, 0.25) is 5.91 Å². The molecule has 1 fully saturated rings. The first kappa shape index (κ1) is 15.0. The van der Waals surface area contributed by atoms with Crippen LogP contribution in [0.2, 0.25) is 0 Å². The Morgan fingerprint density at radius 2 is 1.67 bits per heavy atom. The molecule has 0 heterocycles. The van der Waals surface area contributed by atoms with E-state index in [1.54, 1.807) is 0 Å². The summed E-state index contributed by atoms with van der Waals surface area (Å²) < 4.78 is 0. The highest BCUT2D eigenvalue weighted by atomic mass is 35.5. The largest absolute Gasteiger partial charge is 0.324 e.